The summed E-state index contributed by atoms with van der Waals surface area (Å²) in [5.41, 5.74) is 2.47. The van der Waals surface area contributed by atoms with Gasteiger partial charge >= 0.3 is 0 Å². The molecule has 2 heterocycles. The number of aliphatic hydroxyl groups is 4. The number of aliphatic hydroxyl groups excluding tert-OH is 4. The van der Waals surface area contributed by atoms with Crippen molar-refractivity contribution in [2.24, 2.45) is 0 Å². The Labute approximate surface area is 185 Å². The van der Waals surface area contributed by atoms with Crippen LogP contribution < -0.4 is 4.74 Å². The molecule has 8 heteroatoms. The summed E-state index contributed by atoms with van der Waals surface area (Å²) in [6.45, 7) is 0.872. The Bertz CT molecular complexity index is 867. The predicted octanol–water partition coefficient (Wildman–Crippen LogP) is 1.61. The summed E-state index contributed by atoms with van der Waals surface area (Å²) < 4.78 is 16.9. The van der Waals surface area contributed by atoms with E-state index in [2.05, 4.69) is 0 Å². The van der Waals surface area contributed by atoms with E-state index in [0.29, 0.717) is 23.6 Å². The van der Waals surface area contributed by atoms with Crippen molar-refractivity contribution in [2.45, 2.75) is 49.5 Å². The van der Waals surface area contributed by atoms with Crippen LogP contribution in [0.3, 0.4) is 0 Å². The van der Waals surface area contributed by atoms with Gasteiger partial charge in [0.1, 0.15) is 42.4 Å². The highest BCUT2D eigenvalue weighted by atomic mass is 35.5. The lowest BCUT2D eigenvalue weighted by atomic mass is 9.90. The maximum atomic E-state index is 10.4. The first-order valence-corrected chi connectivity index (χ1v) is 10.8. The molecule has 4 rings (SSSR count). The zero-order valence-corrected chi connectivity index (χ0v) is 17.7. The van der Waals surface area contributed by atoms with E-state index < -0.39 is 37.1 Å². The summed E-state index contributed by atoms with van der Waals surface area (Å²) >= 11 is 6.40. The predicted molar refractivity (Wildman–Crippen MR) is 113 cm³/mol. The molecule has 0 aromatic heterocycles. The second kappa shape index (κ2) is 9.83. The van der Waals surface area contributed by atoms with Gasteiger partial charge in [0.15, 0.2) is 0 Å². The van der Waals surface area contributed by atoms with Gasteiger partial charge in [0.2, 0.25) is 0 Å². The van der Waals surface area contributed by atoms with Gasteiger partial charge in [-0.15, -0.1) is 0 Å². The van der Waals surface area contributed by atoms with Gasteiger partial charge in [0.05, 0.1) is 19.8 Å². The molecule has 0 aliphatic carbocycles. The van der Waals surface area contributed by atoms with Gasteiger partial charge in [-0.2, -0.15) is 0 Å². The molecule has 6 atom stereocenters. The summed E-state index contributed by atoms with van der Waals surface area (Å²) in [6, 6.07) is 13.0. The number of hydrogen-bond donors (Lipinski definition) is 4. The van der Waals surface area contributed by atoms with Crippen LogP contribution in [-0.2, 0) is 15.9 Å². The van der Waals surface area contributed by atoms with Crippen LogP contribution in [0, 0.1) is 0 Å². The molecule has 0 amide bonds. The monoisotopic (exact) mass is 450 g/mol. The molecule has 31 heavy (non-hydrogen) atoms. The molecule has 2 aromatic carbocycles. The minimum Gasteiger partial charge on any atom is -0.488 e. The van der Waals surface area contributed by atoms with Crippen molar-refractivity contribution in [3.05, 3.63) is 64.2 Å². The molecule has 168 valence electrons. The smallest absolute Gasteiger partial charge is 0.124 e. The lowest BCUT2D eigenvalue weighted by Gasteiger charge is -2.40. The molecule has 2 aromatic rings. The molecule has 0 unspecified atom stereocenters. The zero-order chi connectivity index (χ0) is 22.0. The van der Waals surface area contributed by atoms with E-state index in [9.17, 15) is 20.4 Å². The summed E-state index contributed by atoms with van der Waals surface area (Å²) in [5.74, 6) is 0.792. The fourth-order valence-corrected chi connectivity index (χ4v) is 4.17. The molecule has 0 spiro atoms. The van der Waals surface area contributed by atoms with Crippen molar-refractivity contribution in [3.63, 3.8) is 0 Å². The normalized spacial score (nSPS) is 31.0. The average Bonchev–Trinajstić information content (AvgIpc) is 3.28. The van der Waals surface area contributed by atoms with Gasteiger partial charge in [-0.05, 0) is 41.3 Å². The topological polar surface area (TPSA) is 109 Å². The third kappa shape index (κ3) is 5.04. The summed E-state index contributed by atoms with van der Waals surface area (Å²) in [4.78, 5) is 0. The Morgan fingerprint density at radius 3 is 2.45 bits per heavy atom. The summed E-state index contributed by atoms with van der Waals surface area (Å²) in [5, 5.41) is 40.5. The van der Waals surface area contributed by atoms with Crippen molar-refractivity contribution >= 4 is 11.6 Å². The molecule has 2 fully saturated rings. The fraction of sp³-hybridized carbons (Fsp3) is 0.478. The number of hydrogen-bond acceptors (Lipinski definition) is 7. The number of rotatable bonds is 6. The Hall–Kier alpha value is -1.71. The molecule has 7 nitrogen and oxygen atoms in total. The maximum absolute atomic E-state index is 10.4. The molecule has 2 aliphatic heterocycles. The molecule has 4 N–H and O–H groups in total. The highest BCUT2D eigenvalue weighted by Crippen LogP contribution is 2.34. The molecule has 0 saturated carbocycles. The van der Waals surface area contributed by atoms with Crippen LogP contribution in [0.15, 0.2) is 42.5 Å². The lowest BCUT2D eigenvalue weighted by Crippen LogP contribution is -2.55. The Balaban J connectivity index is 1.49. The van der Waals surface area contributed by atoms with Crippen molar-refractivity contribution in [2.75, 3.05) is 19.8 Å². The van der Waals surface area contributed by atoms with E-state index in [1.807, 2.05) is 30.3 Å². The second-order valence-electron chi connectivity index (χ2n) is 8.02. The van der Waals surface area contributed by atoms with Gasteiger partial charge < -0.3 is 34.6 Å². The van der Waals surface area contributed by atoms with Crippen LogP contribution in [0.1, 0.15) is 29.2 Å². The average molecular weight is 451 g/mol. The van der Waals surface area contributed by atoms with E-state index in [1.165, 1.54) is 0 Å². The minimum absolute atomic E-state index is 0.0931. The van der Waals surface area contributed by atoms with E-state index in [0.717, 1.165) is 29.9 Å². The minimum atomic E-state index is -1.42. The van der Waals surface area contributed by atoms with Gasteiger partial charge in [-0.1, -0.05) is 35.9 Å². The standard InChI is InChI=1S/C23H27ClO7/c24-18-6-3-14(23-22(28)21(27)20(26)19(11-25)31-23)10-15(18)9-13-1-4-16(5-2-13)30-17-7-8-29-12-17/h1-6,10,17,19-23,25-28H,7-9,11-12H2/t17-,19+,20-,21-,22+,23+/m0/s1. The molecular formula is C23H27ClO7. The largest absolute Gasteiger partial charge is 0.488 e. The molecule has 0 radical (unpaired) electrons. The first-order valence-electron chi connectivity index (χ1n) is 10.4. The van der Waals surface area contributed by atoms with Crippen LogP contribution in [-0.4, -0.2) is 70.8 Å². The van der Waals surface area contributed by atoms with E-state index >= 15 is 0 Å². The zero-order valence-electron chi connectivity index (χ0n) is 16.9. The first-order chi connectivity index (χ1) is 15.0. The van der Waals surface area contributed by atoms with E-state index in [4.69, 9.17) is 25.8 Å². The van der Waals surface area contributed by atoms with Crippen LogP contribution in [0.5, 0.6) is 5.75 Å². The van der Waals surface area contributed by atoms with Crippen LogP contribution in [0.2, 0.25) is 5.02 Å². The Morgan fingerprint density at radius 1 is 1.00 bits per heavy atom. The molecular weight excluding hydrogens is 424 g/mol. The van der Waals surface area contributed by atoms with Crippen molar-refractivity contribution < 1.29 is 34.6 Å². The lowest BCUT2D eigenvalue weighted by molar-refractivity contribution is -0.231. The number of benzene rings is 2. The summed E-state index contributed by atoms with van der Waals surface area (Å²) in [7, 11) is 0. The van der Waals surface area contributed by atoms with Crippen LogP contribution >= 0.6 is 11.6 Å². The van der Waals surface area contributed by atoms with Crippen LogP contribution in [0.25, 0.3) is 0 Å². The highest BCUT2D eigenvalue weighted by molar-refractivity contribution is 6.31. The Morgan fingerprint density at radius 2 is 1.77 bits per heavy atom. The quantitative estimate of drug-likeness (QED) is 0.529. The number of ether oxygens (including phenoxy) is 3. The SMILES string of the molecule is OC[C@H]1O[C@H](c2ccc(Cl)c(Cc3ccc(O[C@H]4CCOC4)cc3)c2)[C@H](O)[C@@H](O)[C@H]1O. The van der Waals surface area contributed by atoms with Crippen molar-refractivity contribution in [3.8, 4) is 5.75 Å². The molecule has 0 bridgehead atoms. The third-order valence-corrected chi connectivity index (χ3v) is 6.17. The first kappa shape index (κ1) is 22.5. The molecule has 2 aliphatic rings. The van der Waals surface area contributed by atoms with Gasteiger partial charge in [0.25, 0.3) is 0 Å². The van der Waals surface area contributed by atoms with Gasteiger partial charge in [-0.25, -0.2) is 0 Å². The Kier molecular flexibility index (Phi) is 7.13. The summed E-state index contributed by atoms with van der Waals surface area (Å²) in [6.07, 6.45) is -4.46. The van der Waals surface area contributed by atoms with Gasteiger partial charge in [0, 0.05) is 11.4 Å². The van der Waals surface area contributed by atoms with E-state index in [1.54, 1.807) is 12.1 Å². The third-order valence-electron chi connectivity index (χ3n) is 5.80. The number of halogens is 1. The second-order valence-corrected chi connectivity index (χ2v) is 8.43. The van der Waals surface area contributed by atoms with E-state index in [-0.39, 0.29) is 6.10 Å². The van der Waals surface area contributed by atoms with Crippen LogP contribution in [0.4, 0.5) is 0 Å². The highest BCUT2D eigenvalue weighted by Gasteiger charge is 2.44. The van der Waals surface area contributed by atoms with Crippen molar-refractivity contribution in [1.82, 2.24) is 0 Å². The van der Waals surface area contributed by atoms with Crippen molar-refractivity contribution in [1.29, 1.82) is 0 Å². The van der Waals surface area contributed by atoms with Gasteiger partial charge in [-0.3, -0.25) is 0 Å². The maximum Gasteiger partial charge on any atom is 0.124 e. The fourth-order valence-electron chi connectivity index (χ4n) is 3.99. The molecule has 2 saturated heterocycles.